The van der Waals surface area contributed by atoms with E-state index in [9.17, 15) is 5.11 Å². The summed E-state index contributed by atoms with van der Waals surface area (Å²) in [5, 5.41) is 10.8. The summed E-state index contributed by atoms with van der Waals surface area (Å²) in [6.07, 6.45) is 0. The van der Waals surface area contributed by atoms with Crippen molar-refractivity contribution in [3.63, 3.8) is 0 Å². The maximum Gasteiger partial charge on any atom is 0.481 e. The van der Waals surface area contributed by atoms with Crippen LogP contribution in [0.5, 0.6) is 0 Å². The molecule has 6 fully saturated rings. The fraction of sp³-hybridized carbons (Fsp3) is 1.00. The largest absolute Gasteiger partial charge is 0.481 e. The Hall–Kier alpha value is 1.22. The van der Waals surface area contributed by atoms with Crippen molar-refractivity contribution < 1.29 is 54.5 Å². The zero-order valence-electron chi connectivity index (χ0n) is 33.8. The predicted molar refractivity (Wildman–Crippen MR) is 208 cm³/mol. The average molecular weight is 862 g/mol. The van der Waals surface area contributed by atoms with E-state index in [2.05, 4.69) is 96.9 Å². The maximum absolute atomic E-state index is 10.8. The molecule has 0 aromatic heterocycles. The summed E-state index contributed by atoms with van der Waals surface area (Å²) in [7, 11) is -31.4. The van der Waals surface area contributed by atoms with Crippen molar-refractivity contribution in [3.8, 4) is 0 Å². The quantitative estimate of drug-likeness (QED) is 0.156. The molecule has 13 nitrogen and oxygen atoms in total. The second-order valence-electron chi connectivity index (χ2n) is 18.3. The molecule has 6 aliphatic heterocycles. The van der Waals surface area contributed by atoms with Crippen molar-refractivity contribution in [2.75, 3.05) is 6.61 Å². The Balaban J connectivity index is 1.96. The van der Waals surface area contributed by atoms with Gasteiger partial charge in [0.2, 0.25) is 0 Å². The van der Waals surface area contributed by atoms with Gasteiger partial charge in [-0.1, -0.05) is 96.9 Å². The minimum absolute atomic E-state index is 0.0799. The van der Waals surface area contributed by atoms with Crippen LogP contribution in [0.3, 0.4) is 0 Å². The fourth-order valence-electron chi connectivity index (χ4n) is 8.01. The smallest absolute Gasteiger partial charge is 0.396 e. The van der Waals surface area contributed by atoms with Crippen molar-refractivity contribution in [1.82, 2.24) is 0 Å². The molecule has 0 saturated carbocycles. The zero-order valence-corrected chi connectivity index (χ0v) is 41.8. The van der Waals surface area contributed by atoms with Crippen LogP contribution in [0, 0.1) is 41.4 Å². The van der Waals surface area contributed by atoms with E-state index < -0.39 is 70.4 Å². The van der Waals surface area contributed by atoms with Gasteiger partial charge in [0.1, 0.15) is 0 Å². The highest BCUT2D eigenvalue weighted by molar-refractivity contribution is 7.03. The molecule has 21 heteroatoms. The molecule has 0 spiro atoms. The van der Waals surface area contributed by atoms with E-state index in [0.717, 1.165) is 0 Å². The van der Waals surface area contributed by atoms with Crippen LogP contribution >= 0.6 is 0 Å². The van der Waals surface area contributed by atoms with Crippen LogP contribution < -0.4 is 0 Å². The molecular formula is C30H68O13Si8. The van der Waals surface area contributed by atoms with Crippen LogP contribution in [0.15, 0.2) is 0 Å². The molecule has 8 bridgehead atoms. The third-order valence-corrected chi connectivity index (χ3v) is 48.7. The first-order valence-corrected chi connectivity index (χ1v) is 34.9. The number of rotatable bonds is 16. The van der Waals surface area contributed by atoms with Crippen LogP contribution in [0.1, 0.15) is 96.9 Å². The van der Waals surface area contributed by atoms with E-state index >= 15 is 0 Å². The van der Waals surface area contributed by atoms with E-state index in [1.165, 1.54) is 0 Å². The van der Waals surface area contributed by atoms with Crippen LogP contribution in [0.2, 0.25) is 48.4 Å². The first kappa shape index (κ1) is 43.3. The summed E-state index contributed by atoms with van der Waals surface area (Å²) in [5.41, 5.74) is 0. The molecule has 298 valence electrons. The third-order valence-electron chi connectivity index (χ3n) is 8.76. The van der Waals surface area contributed by atoms with E-state index in [0.29, 0.717) is 42.3 Å². The first-order valence-electron chi connectivity index (χ1n) is 19.5. The average Bonchev–Trinajstić information content (AvgIpc) is 2.80. The topological polar surface area (TPSA) is 131 Å². The van der Waals surface area contributed by atoms with Crippen molar-refractivity contribution in [1.29, 1.82) is 0 Å². The molecule has 0 unspecified atom stereocenters. The fourth-order valence-corrected chi connectivity index (χ4v) is 59.3. The van der Waals surface area contributed by atoms with Gasteiger partial charge in [0.05, 0.1) is 0 Å². The molecular weight excluding hydrogens is 793 g/mol. The Kier molecular flexibility index (Phi) is 13.2. The van der Waals surface area contributed by atoms with Crippen LogP contribution in [0.4, 0.5) is 0 Å². The molecule has 6 heterocycles. The summed E-state index contributed by atoms with van der Waals surface area (Å²) >= 11 is 0. The molecule has 0 aromatic rings. The highest BCUT2D eigenvalue weighted by Gasteiger charge is 2.83. The van der Waals surface area contributed by atoms with Crippen LogP contribution in [0.25, 0.3) is 0 Å². The van der Waals surface area contributed by atoms with Gasteiger partial charge in [-0.3, -0.25) is 0 Å². The van der Waals surface area contributed by atoms with Gasteiger partial charge in [0.15, 0.2) is 0 Å². The van der Waals surface area contributed by atoms with Crippen molar-refractivity contribution in [2.24, 2.45) is 41.4 Å². The second kappa shape index (κ2) is 15.5. The van der Waals surface area contributed by atoms with Gasteiger partial charge in [-0.05, 0) is 41.4 Å². The third kappa shape index (κ3) is 9.85. The summed E-state index contributed by atoms with van der Waals surface area (Å²) in [5.74, 6) is 0.745. The van der Waals surface area contributed by atoms with Gasteiger partial charge in [-0.2, -0.15) is 0 Å². The summed E-state index contributed by atoms with van der Waals surface area (Å²) < 4.78 is 91.3. The summed E-state index contributed by atoms with van der Waals surface area (Å²) in [4.78, 5) is 0. The lowest BCUT2D eigenvalue weighted by atomic mass is 10.3. The van der Waals surface area contributed by atoms with Crippen molar-refractivity contribution in [3.05, 3.63) is 0 Å². The van der Waals surface area contributed by atoms with Crippen LogP contribution in [-0.2, 0) is 49.4 Å². The Morgan fingerprint density at radius 3 is 0.529 bits per heavy atom. The molecule has 0 atom stereocenters. The molecule has 6 rings (SSSR count). The summed E-state index contributed by atoms with van der Waals surface area (Å²) in [6, 6.07) is 3.26. The molecule has 6 saturated heterocycles. The monoisotopic (exact) mass is 860 g/mol. The van der Waals surface area contributed by atoms with E-state index in [-0.39, 0.29) is 54.1 Å². The maximum atomic E-state index is 10.8. The first-order chi connectivity index (χ1) is 23.5. The SMILES string of the molecule is CC(C)C[Si]12O[Si]3(CCO)O[Si]4(CC(C)C)O[Si](CC(C)C)(O1)O[Si]1(CC(C)C)O[Si](CC(C)C)(O2)O[Si](CC(C)C)(O3)O[Si](CC(C)C)(O4)O1. The van der Waals surface area contributed by atoms with E-state index in [4.69, 9.17) is 49.4 Å². The van der Waals surface area contributed by atoms with Crippen molar-refractivity contribution in [2.45, 2.75) is 145 Å². The number of aliphatic hydroxyl groups excluding tert-OH is 1. The van der Waals surface area contributed by atoms with Crippen LogP contribution in [-0.4, -0.2) is 82.1 Å². The Morgan fingerprint density at radius 2 is 0.412 bits per heavy atom. The molecule has 0 aliphatic carbocycles. The lowest BCUT2D eigenvalue weighted by Gasteiger charge is -2.64. The standard InChI is InChI=1S/C30H68O13Si8/c1-24(2)17-45-32-44(16-15-31)33-46(18-25(3)4)37-48(35-45,20-27(7)8)41-51(23-30(13)14)42-49(36-45,21-28(9)10)38-47(34-44,19-26(5)6)40-50(39-46,43-51)22-29(11)12/h24-31H,15-23H2,1-14H3. The Labute approximate surface area is 316 Å². The van der Waals surface area contributed by atoms with Gasteiger partial charge in [-0.15, -0.1) is 0 Å². The highest BCUT2D eigenvalue weighted by atomic mass is 28.6. The lowest BCUT2D eigenvalue weighted by Crippen LogP contribution is -2.88. The Morgan fingerprint density at radius 1 is 0.275 bits per heavy atom. The van der Waals surface area contributed by atoms with Gasteiger partial charge in [0, 0.05) is 55.0 Å². The lowest BCUT2D eigenvalue weighted by molar-refractivity contribution is -0.0345. The van der Waals surface area contributed by atoms with Crippen molar-refractivity contribution >= 4 is 70.4 Å². The molecule has 6 aliphatic rings. The minimum atomic E-state index is -4.04. The molecule has 1 N–H and O–H groups in total. The molecule has 51 heavy (non-hydrogen) atoms. The van der Waals surface area contributed by atoms with Gasteiger partial charge in [-0.25, -0.2) is 0 Å². The number of aliphatic hydroxyl groups is 1. The van der Waals surface area contributed by atoms with Gasteiger partial charge in [0.25, 0.3) is 0 Å². The number of hydrogen-bond donors (Lipinski definition) is 1. The zero-order chi connectivity index (χ0) is 37.9. The molecule has 0 radical (unpaired) electrons. The second-order valence-corrected chi connectivity index (χ2v) is 42.4. The van der Waals surface area contributed by atoms with Gasteiger partial charge >= 0.3 is 70.4 Å². The predicted octanol–water partition coefficient (Wildman–Crippen LogP) is 7.35. The minimum Gasteiger partial charge on any atom is -0.396 e. The van der Waals surface area contributed by atoms with Gasteiger partial charge < -0.3 is 54.5 Å². The normalized spacial score (nSPS) is 42.5. The number of hydrogen-bond acceptors (Lipinski definition) is 13. The van der Waals surface area contributed by atoms with E-state index in [1.807, 2.05) is 0 Å². The molecule has 0 aromatic carbocycles. The molecule has 0 amide bonds. The Bertz CT molecular complexity index is 1060. The van der Waals surface area contributed by atoms with E-state index in [1.54, 1.807) is 0 Å². The highest BCUT2D eigenvalue weighted by Crippen LogP contribution is 2.55. The summed E-state index contributed by atoms with van der Waals surface area (Å²) in [6.45, 7) is 29.7.